The second kappa shape index (κ2) is 6.93. The van der Waals surface area contributed by atoms with Crippen molar-refractivity contribution in [3.05, 3.63) is 12.4 Å². The highest BCUT2D eigenvalue weighted by atomic mass is 15.4. The Kier molecular flexibility index (Phi) is 5.87. The van der Waals surface area contributed by atoms with E-state index in [-0.39, 0.29) is 0 Å². The number of rotatable bonds is 7. The lowest BCUT2D eigenvalue weighted by Gasteiger charge is -2.38. The van der Waals surface area contributed by atoms with Crippen LogP contribution in [-0.2, 0) is 0 Å². The molecule has 0 amide bonds. The normalized spacial score (nSPS) is 20.1. The maximum atomic E-state index is 2.53. The van der Waals surface area contributed by atoms with E-state index in [9.17, 15) is 0 Å². The van der Waals surface area contributed by atoms with Gasteiger partial charge in [-0.1, -0.05) is 40.0 Å². The van der Waals surface area contributed by atoms with Crippen LogP contribution in [0.4, 0.5) is 0 Å². The van der Waals surface area contributed by atoms with Crippen molar-refractivity contribution in [2.45, 2.75) is 72.5 Å². The summed E-state index contributed by atoms with van der Waals surface area (Å²) < 4.78 is 0. The molecule has 0 saturated carbocycles. The van der Waals surface area contributed by atoms with Crippen molar-refractivity contribution < 1.29 is 0 Å². The maximum Gasteiger partial charge on any atom is 0.103 e. The van der Waals surface area contributed by atoms with Gasteiger partial charge in [-0.2, -0.15) is 0 Å². The Labute approximate surface area is 108 Å². The van der Waals surface area contributed by atoms with Crippen LogP contribution in [-0.4, -0.2) is 28.6 Å². The van der Waals surface area contributed by atoms with E-state index >= 15 is 0 Å². The molecule has 1 rings (SSSR count). The molecule has 100 valence electrons. The third-order valence-corrected chi connectivity index (χ3v) is 3.54. The molecule has 0 aromatic rings. The van der Waals surface area contributed by atoms with E-state index in [1.54, 1.807) is 0 Å². The Morgan fingerprint density at radius 3 is 2.24 bits per heavy atom. The Morgan fingerprint density at radius 2 is 1.71 bits per heavy atom. The van der Waals surface area contributed by atoms with Crippen molar-refractivity contribution in [3.63, 3.8) is 0 Å². The van der Waals surface area contributed by atoms with Crippen LogP contribution < -0.4 is 0 Å². The van der Waals surface area contributed by atoms with E-state index in [0.717, 1.165) is 0 Å². The molecule has 0 spiro atoms. The number of nitrogens with zero attached hydrogens (tertiary/aromatic N) is 2. The van der Waals surface area contributed by atoms with Gasteiger partial charge in [0, 0.05) is 25.0 Å². The quantitative estimate of drug-likeness (QED) is 0.617. The smallest absolute Gasteiger partial charge is 0.103 e. The first-order valence-electron chi connectivity index (χ1n) is 7.29. The van der Waals surface area contributed by atoms with E-state index < -0.39 is 0 Å². The minimum Gasteiger partial charge on any atom is -0.356 e. The fourth-order valence-electron chi connectivity index (χ4n) is 2.64. The summed E-state index contributed by atoms with van der Waals surface area (Å²) in [5, 5.41) is 0. The third kappa shape index (κ3) is 3.93. The first-order chi connectivity index (χ1) is 8.07. The SMILES string of the molecule is CCCCCCN1C=CN(C(C)C)C1C(C)C. The van der Waals surface area contributed by atoms with Crippen molar-refractivity contribution in [2.75, 3.05) is 6.54 Å². The topological polar surface area (TPSA) is 6.48 Å². The fraction of sp³-hybridized carbons (Fsp3) is 0.867. The van der Waals surface area contributed by atoms with Gasteiger partial charge in [0.1, 0.15) is 6.17 Å². The van der Waals surface area contributed by atoms with Crippen LogP contribution in [0.2, 0.25) is 0 Å². The monoisotopic (exact) mass is 238 g/mol. The van der Waals surface area contributed by atoms with Crippen LogP contribution in [0.15, 0.2) is 12.4 Å². The van der Waals surface area contributed by atoms with Crippen LogP contribution in [0.25, 0.3) is 0 Å². The molecule has 0 fully saturated rings. The predicted octanol–water partition coefficient (Wildman–Crippen LogP) is 4.05. The van der Waals surface area contributed by atoms with Crippen LogP contribution >= 0.6 is 0 Å². The van der Waals surface area contributed by atoms with E-state index in [1.165, 1.54) is 32.2 Å². The minimum absolute atomic E-state index is 0.566. The Morgan fingerprint density at radius 1 is 1.00 bits per heavy atom. The zero-order chi connectivity index (χ0) is 12.8. The van der Waals surface area contributed by atoms with Gasteiger partial charge in [-0.05, 0) is 26.2 Å². The van der Waals surface area contributed by atoms with Crippen LogP contribution in [0, 0.1) is 5.92 Å². The summed E-state index contributed by atoms with van der Waals surface area (Å²) in [5.74, 6) is 0.679. The maximum absolute atomic E-state index is 2.53. The fourth-order valence-corrected chi connectivity index (χ4v) is 2.64. The number of unbranched alkanes of at least 4 members (excludes halogenated alkanes) is 3. The van der Waals surface area contributed by atoms with Gasteiger partial charge in [0.15, 0.2) is 0 Å². The van der Waals surface area contributed by atoms with Gasteiger partial charge in [-0.3, -0.25) is 0 Å². The van der Waals surface area contributed by atoms with Gasteiger partial charge in [0.2, 0.25) is 0 Å². The first kappa shape index (κ1) is 14.4. The molecule has 1 aliphatic heterocycles. The second-order valence-corrected chi connectivity index (χ2v) is 5.80. The van der Waals surface area contributed by atoms with Gasteiger partial charge in [-0.15, -0.1) is 0 Å². The van der Waals surface area contributed by atoms with Gasteiger partial charge >= 0.3 is 0 Å². The van der Waals surface area contributed by atoms with E-state index in [2.05, 4.69) is 56.8 Å². The van der Waals surface area contributed by atoms with Gasteiger partial charge in [-0.25, -0.2) is 0 Å². The minimum atomic E-state index is 0.566. The summed E-state index contributed by atoms with van der Waals surface area (Å²) in [6, 6.07) is 0.597. The van der Waals surface area contributed by atoms with Crippen molar-refractivity contribution in [2.24, 2.45) is 5.92 Å². The molecule has 0 bridgehead atoms. The van der Waals surface area contributed by atoms with Gasteiger partial charge < -0.3 is 9.80 Å². The zero-order valence-corrected chi connectivity index (χ0v) is 12.3. The number of hydrogen-bond donors (Lipinski definition) is 0. The molecule has 2 heteroatoms. The molecule has 0 aromatic carbocycles. The largest absolute Gasteiger partial charge is 0.356 e. The molecule has 0 saturated heterocycles. The standard InChI is InChI=1S/C15H30N2/c1-6-7-8-9-10-16-11-12-17(14(4)5)15(16)13(2)3/h11-15H,6-10H2,1-5H3. The summed E-state index contributed by atoms with van der Waals surface area (Å²) in [4.78, 5) is 5.02. The van der Waals surface area contributed by atoms with E-state index in [4.69, 9.17) is 0 Å². The lowest BCUT2D eigenvalue weighted by molar-refractivity contribution is 0.0843. The van der Waals surface area contributed by atoms with Crippen molar-refractivity contribution >= 4 is 0 Å². The Hall–Kier alpha value is -0.660. The van der Waals surface area contributed by atoms with E-state index in [1.807, 2.05) is 0 Å². The summed E-state index contributed by atoms with van der Waals surface area (Å²) in [6.07, 6.45) is 10.5. The zero-order valence-electron chi connectivity index (χ0n) is 12.3. The first-order valence-corrected chi connectivity index (χ1v) is 7.29. The lowest BCUT2D eigenvalue weighted by Crippen LogP contribution is -2.45. The van der Waals surface area contributed by atoms with Crippen LogP contribution in [0.1, 0.15) is 60.3 Å². The molecular weight excluding hydrogens is 208 g/mol. The van der Waals surface area contributed by atoms with Crippen LogP contribution in [0.3, 0.4) is 0 Å². The van der Waals surface area contributed by atoms with Crippen molar-refractivity contribution in [1.82, 2.24) is 9.80 Å². The summed E-state index contributed by atoms with van der Waals surface area (Å²) in [6.45, 7) is 12.7. The lowest BCUT2D eigenvalue weighted by atomic mass is 10.1. The predicted molar refractivity (Wildman–Crippen MR) is 75.6 cm³/mol. The van der Waals surface area contributed by atoms with Crippen molar-refractivity contribution in [3.8, 4) is 0 Å². The Bertz CT molecular complexity index is 233. The van der Waals surface area contributed by atoms with Gasteiger partial charge in [0.25, 0.3) is 0 Å². The average Bonchev–Trinajstić information content (AvgIpc) is 2.68. The highest BCUT2D eigenvalue weighted by Gasteiger charge is 2.29. The average molecular weight is 238 g/mol. The molecule has 0 N–H and O–H groups in total. The molecule has 1 unspecified atom stereocenters. The summed E-state index contributed by atoms with van der Waals surface area (Å²) >= 11 is 0. The van der Waals surface area contributed by atoms with Gasteiger partial charge in [0.05, 0.1) is 0 Å². The molecule has 0 aromatic heterocycles. The molecule has 1 atom stereocenters. The third-order valence-electron chi connectivity index (χ3n) is 3.54. The molecule has 1 heterocycles. The highest BCUT2D eigenvalue weighted by molar-refractivity contribution is 4.99. The van der Waals surface area contributed by atoms with E-state index in [0.29, 0.717) is 18.1 Å². The van der Waals surface area contributed by atoms with Crippen molar-refractivity contribution in [1.29, 1.82) is 0 Å². The molecule has 0 radical (unpaired) electrons. The molecule has 0 aliphatic carbocycles. The summed E-state index contributed by atoms with van der Waals surface area (Å²) in [7, 11) is 0. The van der Waals surface area contributed by atoms with Crippen LogP contribution in [0.5, 0.6) is 0 Å². The molecular formula is C15H30N2. The summed E-state index contributed by atoms with van der Waals surface area (Å²) in [5.41, 5.74) is 0. The molecule has 2 nitrogen and oxygen atoms in total. The molecule has 17 heavy (non-hydrogen) atoms. The molecule has 1 aliphatic rings. The Balaban J connectivity index is 2.46. The highest BCUT2D eigenvalue weighted by Crippen LogP contribution is 2.25. The number of hydrogen-bond acceptors (Lipinski definition) is 2. The second-order valence-electron chi connectivity index (χ2n) is 5.80.